The highest BCUT2D eigenvalue weighted by molar-refractivity contribution is 6.30. The average molecular weight is 296 g/mol. The molecule has 0 fully saturated rings. The van der Waals surface area contributed by atoms with Gasteiger partial charge < -0.3 is 10.4 Å². The Hall–Kier alpha value is -1.95. The minimum Gasteiger partial charge on any atom is -0.478 e. The van der Waals surface area contributed by atoms with Crippen molar-refractivity contribution < 1.29 is 14.7 Å². The van der Waals surface area contributed by atoms with Gasteiger partial charge in [0.25, 0.3) is 5.91 Å². The molecule has 20 heavy (non-hydrogen) atoms. The van der Waals surface area contributed by atoms with Crippen molar-refractivity contribution in [3.05, 3.63) is 28.5 Å². The van der Waals surface area contributed by atoms with Gasteiger partial charge in [0.1, 0.15) is 16.4 Å². The first-order valence-electron chi connectivity index (χ1n) is 6.07. The van der Waals surface area contributed by atoms with Gasteiger partial charge in [-0.25, -0.2) is 14.8 Å². The summed E-state index contributed by atoms with van der Waals surface area (Å²) in [5.41, 5.74) is -0.918. The molecule has 0 saturated carbocycles. The van der Waals surface area contributed by atoms with E-state index in [0.717, 1.165) is 0 Å². The van der Waals surface area contributed by atoms with Crippen LogP contribution in [0, 0.1) is 5.92 Å². The van der Waals surface area contributed by atoms with Gasteiger partial charge in [-0.1, -0.05) is 25.4 Å². The molecule has 1 aromatic rings. The molecule has 1 atom stereocenters. The molecule has 2 N–H and O–H groups in total. The average Bonchev–Trinajstić information content (AvgIpc) is 2.66. The van der Waals surface area contributed by atoms with Crippen LogP contribution in [0.1, 0.15) is 36.8 Å². The maximum Gasteiger partial charge on any atom is 0.338 e. The Morgan fingerprint density at radius 3 is 2.60 bits per heavy atom. The zero-order valence-electron chi connectivity index (χ0n) is 11.3. The molecule has 0 saturated heterocycles. The number of carbonyl (C=O) groups excluding carboxylic acids is 1. The van der Waals surface area contributed by atoms with Gasteiger partial charge in [-0.15, -0.1) is 0 Å². The van der Waals surface area contributed by atoms with Gasteiger partial charge in [0.15, 0.2) is 5.84 Å². The van der Waals surface area contributed by atoms with Crippen molar-refractivity contribution >= 4 is 29.3 Å². The minimum atomic E-state index is -1.15. The maximum atomic E-state index is 12.1. The van der Waals surface area contributed by atoms with Crippen molar-refractivity contribution in [3.63, 3.8) is 0 Å². The van der Waals surface area contributed by atoms with Crippen LogP contribution in [0.3, 0.4) is 0 Å². The Bertz CT molecular complexity index is 627. The standard InChI is InChI=1S/C13H14ClN3O3/c1-6(2)13(3)12(20)16-10(17-13)9-7(11(18)19)4-5-8(14)15-9/h4-6H,1-3H3,(H,18,19)(H,16,17,20). The first-order chi connectivity index (χ1) is 9.25. The van der Waals surface area contributed by atoms with E-state index in [4.69, 9.17) is 11.6 Å². The SMILES string of the molecule is CC(C)C1(C)N=C(c2nc(Cl)ccc2C(=O)O)NC1=O. The molecular formula is C13H14ClN3O3. The largest absolute Gasteiger partial charge is 0.478 e. The summed E-state index contributed by atoms with van der Waals surface area (Å²) in [6.07, 6.45) is 0. The second kappa shape index (κ2) is 4.86. The number of pyridine rings is 1. The molecule has 0 aliphatic carbocycles. The highest BCUT2D eigenvalue weighted by Gasteiger charge is 2.43. The molecule has 1 amide bonds. The van der Waals surface area contributed by atoms with Gasteiger partial charge in [0.2, 0.25) is 0 Å². The van der Waals surface area contributed by atoms with Crippen LogP contribution in [-0.4, -0.2) is 33.3 Å². The predicted molar refractivity (Wildman–Crippen MR) is 74.1 cm³/mol. The number of hydrogen-bond acceptors (Lipinski definition) is 4. The molecule has 1 unspecified atom stereocenters. The molecule has 0 radical (unpaired) electrons. The van der Waals surface area contributed by atoms with Crippen molar-refractivity contribution in [2.24, 2.45) is 10.9 Å². The molecule has 2 rings (SSSR count). The van der Waals surface area contributed by atoms with Crippen molar-refractivity contribution in [2.75, 3.05) is 0 Å². The summed E-state index contributed by atoms with van der Waals surface area (Å²) in [6.45, 7) is 5.44. The normalized spacial score (nSPS) is 21.9. The zero-order valence-corrected chi connectivity index (χ0v) is 12.0. The quantitative estimate of drug-likeness (QED) is 0.831. The number of carboxylic acids is 1. The number of amidine groups is 1. The summed E-state index contributed by atoms with van der Waals surface area (Å²) in [4.78, 5) is 31.6. The molecule has 0 bridgehead atoms. The van der Waals surface area contributed by atoms with E-state index in [-0.39, 0.29) is 34.1 Å². The Morgan fingerprint density at radius 1 is 1.45 bits per heavy atom. The van der Waals surface area contributed by atoms with Gasteiger partial charge in [-0.05, 0) is 25.0 Å². The summed E-state index contributed by atoms with van der Waals surface area (Å²) >= 11 is 5.80. The molecule has 106 valence electrons. The van der Waals surface area contributed by atoms with Crippen molar-refractivity contribution in [1.29, 1.82) is 0 Å². The third-order valence-corrected chi connectivity index (χ3v) is 3.69. The summed E-state index contributed by atoms with van der Waals surface area (Å²) in [6, 6.07) is 2.72. The molecule has 7 heteroatoms. The summed E-state index contributed by atoms with van der Waals surface area (Å²) in [5, 5.41) is 11.9. The first-order valence-corrected chi connectivity index (χ1v) is 6.45. The van der Waals surface area contributed by atoms with E-state index in [9.17, 15) is 14.7 Å². The van der Waals surface area contributed by atoms with E-state index in [1.807, 2.05) is 13.8 Å². The fraction of sp³-hybridized carbons (Fsp3) is 0.385. The van der Waals surface area contributed by atoms with Gasteiger partial charge in [-0.2, -0.15) is 0 Å². The molecule has 6 nitrogen and oxygen atoms in total. The van der Waals surface area contributed by atoms with Crippen molar-refractivity contribution in [3.8, 4) is 0 Å². The van der Waals surface area contributed by atoms with Crippen LogP contribution in [0.5, 0.6) is 0 Å². The molecule has 1 aliphatic rings. The first kappa shape index (κ1) is 14.5. The Kier molecular flexibility index (Phi) is 3.52. The number of rotatable bonds is 3. The van der Waals surface area contributed by atoms with E-state index in [2.05, 4.69) is 15.3 Å². The van der Waals surface area contributed by atoms with E-state index in [0.29, 0.717) is 0 Å². The third kappa shape index (κ3) is 2.27. The third-order valence-electron chi connectivity index (χ3n) is 3.48. The molecule has 0 aromatic carbocycles. The van der Waals surface area contributed by atoms with Gasteiger partial charge in [0.05, 0.1) is 5.56 Å². The number of nitrogens with one attached hydrogen (secondary N) is 1. The van der Waals surface area contributed by atoms with Crippen LogP contribution in [0.2, 0.25) is 5.15 Å². The summed E-state index contributed by atoms with van der Waals surface area (Å²) in [5.74, 6) is -1.32. The monoisotopic (exact) mass is 295 g/mol. The lowest BCUT2D eigenvalue weighted by Crippen LogP contribution is -2.41. The fourth-order valence-electron chi connectivity index (χ4n) is 1.84. The second-order valence-corrected chi connectivity index (χ2v) is 5.44. The van der Waals surface area contributed by atoms with Gasteiger partial charge in [0, 0.05) is 0 Å². The Labute approximate surface area is 120 Å². The topological polar surface area (TPSA) is 91.7 Å². The maximum absolute atomic E-state index is 12.1. The highest BCUT2D eigenvalue weighted by Crippen LogP contribution is 2.27. The van der Waals surface area contributed by atoms with Gasteiger partial charge >= 0.3 is 5.97 Å². The number of halogens is 1. The van der Waals surface area contributed by atoms with Crippen LogP contribution in [-0.2, 0) is 4.79 Å². The summed E-state index contributed by atoms with van der Waals surface area (Å²) < 4.78 is 0. The van der Waals surface area contributed by atoms with E-state index < -0.39 is 11.5 Å². The number of amides is 1. The number of carboxylic acid groups (broad SMARTS) is 1. The van der Waals surface area contributed by atoms with Crippen LogP contribution in [0.15, 0.2) is 17.1 Å². The Morgan fingerprint density at radius 2 is 2.10 bits per heavy atom. The van der Waals surface area contributed by atoms with Crippen molar-refractivity contribution in [1.82, 2.24) is 10.3 Å². The van der Waals surface area contributed by atoms with E-state index in [1.165, 1.54) is 12.1 Å². The molecule has 2 heterocycles. The highest BCUT2D eigenvalue weighted by atomic mass is 35.5. The van der Waals surface area contributed by atoms with Crippen LogP contribution >= 0.6 is 11.6 Å². The number of aromatic nitrogens is 1. The number of aromatic carboxylic acids is 1. The molecular weight excluding hydrogens is 282 g/mol. The molecule has 0 spiro atoms. The van der Waals surface area contributed by atoms with Crippen LogP contribution in [0.25, 0.3) is 0 Å². The number of carbonyl (C=O) groups is 2. The summed E-state index contributed by atoms with van der Waals surface area (Å²) in [7, 11) is 0. The lowest BCUT2D eigenvalue weighted by atomic mass is 9.89. The van der Waals surface area contributed by atoms with Crippen molar-refractivity contribution in [2.45, 2.75) is 26.3 Å². The van der Waals surface area contributed by atoms with Crippen LogP contribution in [0.4, 0.5) is 0 Å². The Balaban J connectivity index is 2.56. The number of hydrogen-bond donors (Lipinski definition) is 2. The number of aliphatic imine (C=N–C) groups is 1. The second-order valence-electron chi connectivity index (χ2n) is 5.05. The van der Waals surface area contributed by atoms with E-state index in [1.54, 1.807) is 6.92 Å². The smallest absolute Gasteiger partial charge is 0.338 e. The van der Waals surface area contributed by atoms with Gasteiger partial charge in [-0.3, -0.25) is 4.79 Å². The number of nitrogens with zero attached hydrogens (tertiary/aromatic N) is 2. The minimum absolute atomic E-state index is 0.0348. The predicted octanol–water partition coefficient (Wildman–Crippen LogP) is 1.72. The molecule has 1 aromatic heterocycles. The molecule has 1 aliphatic heterocycles. The lowest BCUT2D eigenvalue weighted by Gasteiger charge is -2.21. The van der Waals surface area contributed by atoms with E-state index >= 15 is 0 Å². The fourth-order valence-corrected chi connectivity index (χ4v) is 1.98. The zero-order chi connectivity index (χ0) is 15.1. The van der Waals surface area contributed by atoms with Crippen LogP contribution < -0.4 is 5.32 Å². The lowest BCUT2D eigenvalue weighted by molar-refractivity contribution is -0.124.